The van der Waals surface area contributed by atoms with Crippen molar-refractivity contribution in [1.82, 2.24) is 9.80 Å². The number of aryl methyl sites for hydroxylation is 1. The van der Waals surface area contributed by atoms with Crippen LogP contribution in [0.15, 0.2) is 24.3 Å². The van der Waals surface area contributed by atoms with Gasteiger partial charge in [-0.05, 0) is 12.5 Å². The second-order valence-electron chi connectivity index (χ2n) is 6.01. The summed E-state index contributed by atoms with van der Waals surface area (Å²) in [5, 5.41) is 0. The second-order valence-corrected chi connectivity index (χ2v) is 6.01. The Morgan fingerprint density at radius 3 is 2.18 bits per heavy atom. The van der Waals surface area contributed by atoms with Crippen LogP contribution in [0.2, 0.25) is 0 Å². The van der Waals surface area contributed by atoms with E-state index in [1.165, 1.54) is 5.56 Å². The van der Waals surface area contributed by atoms with Crippen molar-refractivity contribution in [1.29, 1.82) is 0 Å². The van der Waals surface area contributed by atoms with Crippen LogP contribution in [-0.4, -0.2) is 54.3 Å². The van der Waals surface area contributed by atoms with Crippen molar-refractivity contribution in [2.75, 3.05) is 32.7 Å². The number of nitrogens with two attached hydrogens (primary N) is 1. The first-order valence-electron chi connectivity index (χ1n) is 7.83. The smallest absolute Gasteiger partial charge is 0.227 e. The summed E-state index contributed by atoms with van der Waals surface area (Å²) in [6, 6.07) is 8.03. The van der Waals surface area contributed by atoms with Crippen molar-refractivity contribution >= 4 is 11.8 Å². The lowest BCUT2D eigenvalue weighted by Crippen LogP contribution is -2.52. The SMILES string of the molecule is Cc1ccc(CC(=O)N2CCN(C(=O)C(C)CN)CC2)cc1. The average molecular weight is 303 g/mol. The number of nitrogens with zero attached hydrogens (tertiary/aromatic N) is 2. The number of piperazine rings is 1. The largest absolute Gasteiger partial charge is 0.339 e. The van der Waals surface area contributed by atoms with E-state index >= 15 is 0 Å². The Morgan fingerprint density at radius 1 is 1.09 bits per heavy atom. The zero-order chi connectivity index (χ0) is 16.1. The minimum absolute atomic E-state index is 0.0909. The van der Waals surface area contributed by atoms with E-state index in [1.54, 1.807) is 0 Å². The fraction of sp³-hybridized carbons (Fsp3) is 0.529. The van der Waals surface area contributed by atoms with Crippen molar-refractivity contribution in [3.05, 3.63) is 35.4 Å². The number of rotatable bonds is 4. The minimum Gasteiger partial charge on any atom is -0.339 e. The van der Waals surface area contributed by atoms with Crippen LogP contribution in [0.5, 0.6) is 0 Å². The van der Waals surface area contributed by atoms with Gasteiger partial charge in [-0.2, -0.15) is 0 Å². The molecule has 1 unspecified atom stereocenters. The van der Waals surface area contributed by atoms with Crippen LogP contribution in [0.4, 0.5) is 0 Å². The molecule has 1 heterocycles. The fourth-order valence-corrected chi connectivity index (χ4v) is 2.58. The highest BCUT2D eigenvalue weighted by Crippen LogP contribution is 2.10. The Balaban J connectivity index is 1.84. The third kappa shape index (κ3) is 4.07. The monoisotopic (exact) mass is 303 g/mol. The van der Waals surface area contributed by atoms with Gasteiger partial charge in [0.1, 0.15) is 0 Å². The number of hydrogen-bond donors (Lipinski definition) is 1. The maximum Gasteiger partial charge on any atom is 0.227 e. The predicted molar refractivity (Wildman–Crippen MR) is 86.3 cm³/mol. The molecule has 0 bridgehead atoms. The van der Waals surface area contributed by atoms with E-state index < -0.39 is 0 Å². The van der Waals surface area contributed by atoms with Gasteiger partial charge in [0.15, 0.2) is 0 Å². The summed E-state index contributed by atoms with van der Waals surface area (Å²) in [6.07, 6.45) is 0.424. The van der Waals surface area contributed by atoms with E-state index in [0.717, 1.165) is 5.56 Å². The zero-order valence-corrected chi connectivity index (χ0v) is 13.4. The summed E-state index contributed by atoms with van der Waals surface area (Å²) in [5.74, 6) is 0.0748. The van der Waals surface area contributed by atoms with E-state index in [1.807, 2.05) is 47.9 Å². The van der Waals surface area contributed by atoms with Gasteiger partial charge in [-0.25, -0.2) is 0 Å². The summed E-state index contributed by atoms with van der Waals surface area (Å²) in [4.78, 5) is 28.0. The molecule has 1 atom stereocenters. The van der Waals surface area contributed by atoms with Crippen LogP contribution >= 0.6 is 0 Å². The molecule has 1 aromatic rings. The summed E-state index contributed by atoms with van der Waals surface area (Å²) in [5.41, 5.74) is 7.76. The molecule has 1 saturated heterocycles. The molecule has 5 nitrogen and oxygen atoms in total. The number of amides is 2. The third-order valence-corrected chi connectivity index (χ3v) is 4.20. The highest BCUT2D eigenvalue weighted by Gasteiger charge is 2.26. The Labute approximate surface area is 132 Å². The van der Waals surface area contributed by atoms with Crippen LogP contribution in [0.25, 0.3) is 0 Å². The van der Waals surface area contributed by atoms with Gasteiger partial charge in [0.25, 0.3) is 0 Å². The molecule has 1 aliphatic heterocycles. The molecule has 1 aliphatic rings. The molecule has 0 aromatic heterocycles. The predicted octanol–water partition coefficient (Wildman–Crippen LogP) is 0.803. The summed E-state index contributed by atoms with van der Waals surface area (Å²) in [7, 11) is 0. The van der Waals surface area contributed by atoms with Gasteiger partial charge in [-0.3, -0.25) is 9.59 Å². The standard InChI is InChI=1S/C17H25N3O2/c1-13-3-5-15(6-4-13)11-16(21)19-7-9-20(10-8-19)17(22)14(2)12-18/h3-6,14H,7-12,18H2,1-2H3. The molecule has 0 spiro atoms. The van der Waals surface area contributed by atoms with Gasteiger partial charge in [0.2, 0.25) is 11.8 Å². The molecule has 0 aliphatic carbocycles. The second kappa shape index (κ2) is 7.40. The van der Waals surface area contributed by atoms with Crippen LogP contribution in [0.1, 0.15) is 18.1 Å². The van der Waals surface area contributed by atoms with Crippen molar-refractivity contribution in [2.24, 2.45) is 11.7 Å². The van der Waals surface area contributed by atoms with Gasteiger partial charge < -0.3 is 15.5 Å². The summed E-state index contributed by atoms with van der Waals surface area (Å²) >= 11 is 0. The van der Waals surface area contributed by atoms with Crippen LogP contribution < -0.4 is 5.73 Å². The van der Waals surface area contributed by atoms with Crippen LogP contribution in [-0.2, 0) is 16.0 Å². The average Bonchev–Trinajstić information content (AvgIpc) is 2.55. The summed E-state index contributed by atoms with van der Waals surface area (Å²) in [6.45, 7) is 6.65. The van der Waals surface area contributed by atoms with Gasteiger partial charge >= 0.3 is 0 Å². The lowest BCUT2D eigenvalue weighted by Gasteiger charge is -2.36. The highest BCUT2D eigenvalue weighted by molar-refractivity contribution is 5.81. The molecular weight excluding hydrogens is 278 g/mol. The quantitative estimate of drug-likeness (QED) is 0.895. The minimum atomic E-state index is -0.144. The molecule has 5 heteroatoms. The van der Waals surface area contributed by atoms with Crippen molar-refractivity contribution in [3.63, 3.8) is 0 Å². The highest BCUT2D eigenvalue weighted by atomic mass is 16.2. The first-order valence-corrected chi connectivity index (χ1v) is 7.83. The van der Waals surface area contributed by atoms with Crippen molar-refractivity contribution in [2.45, 2.75) is 20.3 Å². The van der Waals surface area contributed by atoms with Gasteiger partial charge in [0, 0.05) is 38.6 Å². The fourth-order valence-electron chi connectivity index (χ4n) is 2.58. The van der Waals surface area contributed by atoms with Crippen molar-refractivity contribution in [3.8, 4) is 0 Å². The zero-order valence-electron chi connectivity index (χ0n) is 13.4. The van der Waals surface area contributed by atoms with E-state index in [9.17, 15) is 9.59 Å². The molecule has 2 N–H and O–H groups in total. The molecule has 0 saturated carbocycles. The number of hydrogen-bond acceptors (Lipinski definition) is 3. The van der Waals surface area contributed by atoms with E-state index in [0.29, 0.717) is 39.1 Å². The van der Waals surface area contributed by atoms with E-state index in [2.05, 4.69) is 0 Å². The molecule has 120 valence electrons. The van der Waals surface area contributed by atoms with E-state index in [4.69, 9.17) is 5.73 Å². The Bertz CT molecular complexity index is 519. The normalized spacial score (nSPS) is 16.5. The Hall–Kier alpha value is -1.88. The molecule has 1 aromatic carbocycles. The number of carbonyl (C=O) groups excluding carboxylic acids is 2. The number of benzene rings is 1. The maximum absolute atomic E-state index is 12.3. The Kier molecular flexibility index (Phi) is 5.55. The van der Waals surface area contributed by atoms with Gasteiger partial charge in [-0.1, -0.05) is 36.8 Å². The topological polar surface area (TPSA) is 66.6 Å². The van der Waals surface area contributed by atoms with Crippen LogP contribution in [0.3, 0.4) is 0 Å². The molecule has 1 fully saturated rings. The van der Waals surface area contributed by atoms with E-state index in [-0.39, 0.29) is 17.7 Å². The first-order chi connectivity index (χ1) is 10.5. The molecule has 22 heavy (non-hydrogen) atoms. The van der Waals surface area contributed by atoms with Gasteiger partial charge in [-0.15, -0.1) is 0 Å². The molecule has 0 radical (unpaired) electrons. The molecule has 2 amide bonds. The first kappa shape index (κ1) is 16.5. The van der Waals surface area contributed by atoms with Crippen molar-refractivity contribution < 1.29 is 9.59 Å². The lowest BCUT2D eigenvalue weighted by atomic mass is 10.1. The van der Waals surface area contributed by atoms with Gasteiger partial charge in [0.05, 0.1) is 6.42 Å². The Morgan fingerprint density at radius 2 is 1.64 bits per heavy atom. The maximum atomic E-state index is 12.3. The summed E-state index contributed by atoms with van der Waals surface area (Å²) < 4.78 is 0. The lowest BCUT2D eigenvalue weighted by molar-refractivity contribution is -0.141. The third-order valence-electron chi connectivity index (χ3n) is 4.20. The molecule has 2 rings (SSSR count). The molecular formula is C17H25N3O2. The number of carbonyl (C=O) groups is 2. The van der Waals surface area contributed by atoms with Crippen LogP contribution in [0, 0.1) is 12.8 Å².